The maximum absolute atomic E-state index is 17.6. The molecule has 252 valence electrons. The summed E-state index contributed by atoms with van der Waals surface area (Å²) in [4.78, 5) is 26.1. The van der Waals surface area contributed by atoms with E-state index in [0.717, 1.165) is 17.2 Å². The number of carbonyl (C=O) groups excluding carboxylic acids is 2. The van der Waals surface area contributed by atoms with Gasteiger partial charge in [0, 0.05) is 40.5 Å². The van der Waals surface area contributed by atoms with Gasteiger partial charge < -0.3 is 25.4 Å². The van der Waals surface area contributed by atoms with E-state index >= 15 is 8.78 Å². The summed E-state index contributed by atoms with van der Waals surface area (Å²) in [5.41, 5.74) is 2.89. The summed E-state index contributed by atoms with van der Waals surface area (Å²) in [6, 6.07) is 15.4. The van der Waals surface area contributed by atoms with Crippen molar-refractivity contribution in [2.24, 2.45) is 22.7 Å². The minimum atomic E-state index is -2.28. The number of ether oxygens (including phenoxy) is 2. The second-order valence-corrected chi connectivity index (χ2v) is 14.3. The average Bonchev–Trinajstić information content (AvgIpc) is 3.34. The maximum atomic E-state index is 17.6. The van der Waals surface area contributed by atoms with Gasteiger partial charge in [0.2, 0.25) is 0 Å². The molecule has 6 rings (SSSR count). The van der Waals surface area contributed by atoms with Crippen LogP contribution in [0.1, 0.15) is 82.3 Å². The molecule has 0 heterocycles. The highest BCUT2D eigenvalue weighted by atomic mass is 19.1. The Hall–Kier alpha value is -3.24. The van der Waals surface area contributed by atoms with Crippen LogP contribution in [0, 0.1) is 22.7 Å². The van der Waals surface area contributed by atoms with Crippen molar-refractivity contribution in [1.82, 2.24) is 0 Å². The van der Waals surface area contributed by atoms with E-state index in [1.165, 1.54) is 12.2 Å². The fraction of sp³-hybridized carbons (Fsp3) is 0.526. The number of carbonyl (C=O) groups is 2. The Morgan fingerprint density at radius 1 is 1.11 bits per heavy atom. The summed E-state index contributed by atoms with van der Waals surface area (Å²) in [5, 5.41) is 22.0. The monoisotopic (exact) mass is 649 g/mol. The molecule has 0 spiro atoms. The Kier molecular flexibility index (Phi) is 8.61. The van der Waals surface area contributed by atoms with Crippen LogP contribution >= 0.6 is 0 Å². The SMILES string of the molecule is CCO[C@@H](O[C@]1(C(=O)CO)CCC2[C@@H]3C[C@H](F)C4=CC(=O)C=C[C@]4(C)[C@@]3(F)[C@@H](O)C[C@@]21C)c1ccc([C@@H](C)c2cccc(N)c2)cc1. The Morgan fingerprint density at radius 3 is 2.47 bits per heavy atom. The van der Waals surface area contributed by atoms with Crippen molar-refractivity contribution in [2.45, 2.75) is 89.1 Å². The molecule has 0 aliphatic heterocycles. The average molecular weight is 650 g/mol. The number of Topliss-reactive ketones (excluding diaryl/α,β-unsaturated/α-hetero) is 1. The third-order valence-corrected chi connectivity index (χ3v) is 12.1. The van der Waals surface area contributed by atoms with Gasteiger partial charge in [-0.3, -0.25) is 9.59 Å². The van der Waals surface area contributed by atoms with E-state index in [1.54, 1.807) is 13.8 Å². The fourth-order valence-corrected chi connectivity index (χ4v) is 9.53. The van der Waals surface area contributed by atoms with Crippen molar-refractivity contribution < 1.29 is 38.1 Å². The van der Waals surface area contributed by atoms with Crippen LogP contribution < -0.4 is 5.73 Å². The van der Waals surface area contributed by atoms with E-state index in [-0.39, 0.29) is 37.4 Å². The lowest BCUT2D eigenvalue weighted by Gasteiger charge is -2.63. The molecule has 47 heavy (non-hydrogen) atoms. The summed E-state index contributed by atoms with van der Waals surface area (Å²) >= 11 is 0. The molecule has 0 saturated heterocycles. The molecule has 0 radical (unpaired) electrons. The summed E-state index contributed by atoms with van der Waals surface area (Å²) in [6.45, 7) is 6.68. The van der Waals surface area contributed by atoms with Crippen molar-refractivity contribution in [3.05, 3.63) is 89.0 Å². The molecule has 0 amide bonds. The standard InChI is InChI=1S/C38H45F2NO6/c1-5-46-34(24-11-9-23(10-12-24)22(2)25-7-6-8-26(41)17-25)47-37(33(45)21-42)16-14-28-29-19-31(39)30-18-27(43)13-15-35(30,3)38(29,40)32(44)20-36(28,37)4/h6-13,15,17-18,22,28-29,31-32,34,42,44H,5,14,16,19-21,41H2,1-4H3/t22-,28?,29+,31+,32+,34+,35+,36+,37+,38+/m1/s1. The number of rotatable bonds is 9. The Balaban J connectivity index is 1.35. The van der Waals surface area contributed by atoms with Gasteiger partial charge in [-0.1, -0.05) is 56.3 Å². The molecular formula is C38H45F2NO6. The van der Waals surface area contributed by atoms with Crippen molar-refractivity contribution in [3.63, 3.8) is 0 Å². The fourth-order valence-electron chi connectivity index (χ4n) is 9.53. The molecule has 9 heteroatoms. The molecule has 0 aromatic heterocycles. The van der Waals surface area contributed by atoms with Crippen LogP contribution in [0.25, 0.3) is 0 Å². The second-order valence-electron chi connectivity index (χ2n) is 14.3. The number of anilines is 1. The number of fused-ring (bicyclic) bond motifs is 5. The van der Waals surface area contributed by atoms with Gasteiger partial charge >= 0.3 is 0 Å². The first-order valence-corrected chi connectivity index (χ1v) is 16.6. The first kappa shape index (κ1) is 33.7. The van der Waals surface area contributed by atoms with Crippen LogP contribution in [0.5, 0.6) is 0 Å². The van der Waals surface area contributed by atoms with Gasteiger partial charge in [0.1, 0.15) is 18.4 Å². The van der Waals surface area contributed by atoms with Crippen LogP contribution in [-0.4, -0.2) is 58.5 Å². The molecule has 3 saturated carbocycles. The maximum Gasteiger partial charge on any atom is 0.190 e. The molecule has 0 bridgehead atoms. The van der Waals surface area contributed by atoms with Gasteiger partial charge in [0.25, 0.3) is 0 Å². The van der Waals surface area contributed by atoms with Crippen LogP contribution in [-0.2, 0) is 19.1 Å². The first-order valence-electron chi connectivity index (χ1n) is 16.6. The Labute approximate surface area is 274 Å². The number of ketones is 2. The molecule has 4 aliphatic carbocycles. The highest BCUT2D eigenvalue weighted by Crippen LogP contribution is 2.71. The summed E-state index contributed by atoms with van der Waals surface area (Å²) in [5.74, 6) is -2.46. The predicted octanol–water partition coefficient (Wildman–Crippen LogP) is 6.09. The zero-order valence-corrected chi connectivity index (χ0v) is 27.4. The van der Waals surface area contributed by atoms with Crippen molar-refractivity contribution in [2.75, 3.05) is 18.9 Å². The summed E-state index contributed by atoms with van der Waals surface area (Å²) in [6.07, 6.45) is -0.317. The number of nitrogen functional groups attached to an aromatic ring is 1. The zero-order chi connectivity index (χ0) is 33.9. The number of hydrogen-bond donors (Lipinski definition) is 3. The van der Waals surface area contributed by atoms with E-state index in [0.29, 0.717) is 17.7 Å². The summed E-state index contributed by atoms with van der Waals surface area (Å²) < 4.78 is 46.4. The van der Waals surface area contributed by atoms with Gasteiger partial charge in [-0.05, 0) is 86.4 Å². The minimum absolute atomic E-state index is 0.0447. The smallest absolute Gasteiger partial charge is 0.190 e. The Morgan fingerprint density at radius 2 is 1.81 bits per heavy atom. The van der Waals surface area contributed by atoms with Crippen LogP contribution in [0.15, 0.2) is 72.3 Å². The second kappa shape index (κ2) is 12.0. The number of aliphatic hydroxyl groups excluding tert-OH is 2. The number of allylic oxidation sites excluding steroid dienone is 4. The third-order valence-electron chi connectivity index (χ3n) is 12.1. The quantitative estimate of drug-likeness (QED) is 0.222. The number of hydrogen-bond acceptors (Lipinski definition) is 7. The molecular weight excluding hydrogens is 604 g/mol. The molecule has 2 aromatic carbocycles. The lowest BCUT2D eigenvalue weighted by atomic mass is 9.44. The van der Waals surface area contributed by atoms with E-state index < -0.39 is 70.7 Å². The van der Waals surface area contributed by atoms with E-state index in [2.05, 4.69) is 6.92 Å². The van der Waals surface area contributed by atoms with Crippen LogP contribution in [0.3, 0.4) is 0 Å². The summed E-state index contributed by atoms with van der Waals surface area (Å²) in [7, 11) is 0. The van der Waals surface area contributed by atoms with Crippen molar-refractivity contribution >= 4 is 17.3 Å². The zero-order valence-electron chi connectivity index (χ0n) is 27.4. The van der Waals surface area contributed by atoms with Crippen molar-refractivity contribution in [3.8, 4) is 0 Å². The molecule has 1 unspecified atom stereocenters. The highest BCUT2D eigenvalue weighted by molar-refractivity contribution is 6.01. The number of halogens is 2. The third kappa shape index (κ3) is 4.95. The minimum Gasteiger partial charge on any atom is -0.399 e. The van der Waals surface area contributed by atoms with Gasteiger partial charge in [-0.15, -0.1) is 0 Å². The van der Waals surface area contributed by atoms with E-state index in [4.69, 9.17) is 15.2 Å². The molecule has 4 aliphatic rings. The van der Waals surface area contributed by atoms with Crippen LogP contribution in [0.2, 0.25) is 0 Å². The first-order chi connectivity index (χ1) is 22.3. The van der Waals surface area contributed by atoms with Gasteiger partial charge in [-0.25, -0.2) is 8.78 Å². The molecule has 10 atom stereocenters. The van der Waals surface area contributed by atoms with Crippen LogP contribution in [0.4, 0.5) is 14.5 Å². The number of alkyl halides is 2. The largest absolute Gasteiger partial charge is 0.399 e. The normalized spacial score (nSPS) is 37.4. The predicted molar refractivity (Wildman–Crippen MR) is 174 cm³/mol. The number of nitrogens with two attached hydrogens (primary N) is 1. The van der Waals surface area contributed by atoms with Gasteiger partial charge in [-0.2, -0.15) is 0 Å². The van der Waals surface area contributed by atoms with Gasteiger partial charge in [0.05, 0.1) is 6.10 Å². The highest BCUT2D eigenvalue weighted by Gasteiger charge is 2.76. The van der Waals surface area contributed by atoms with Crippen molar-refractivity contribution in [1.29, 1.82) is 0 Å². The molecule has 4 N–H and O–H groups in total. The van der Waals surface area contributed by atoms with E-state index in [1.807, 2.05) is 55.5 Å². The molecule has 7 nitrogen and oxygen atoms in total. The number of aliphatic hydroxyl groups is 2. The number of benzene rings is 2. The molecule has 2 aromatic rings. The van der Waals surface area contributed by atoms with Gasteiger partial charge in [0.15, 0.2) is 23.5 Å². The lowest BCUT2D eigenvalue weighted by molar-refractivity contribution is -0.268. The Bertz CT molecular complexity index is 1610. The topological polar surface area (TPSA) is 119 Å². The molecule has 3 fully saturated rings. The van der Waals surface area contributed by atoms with E-state index in [9.17, 15) is 19.8 Å². The lowest BCUT2D eigenvalue weighted by Crippen LogP contribution is -2.70.